The van der Waals surface area contributed by atoms with Gasteiger partial charge in [0.05, 0.1) is 5.57 Å². The highest BCUT2D eigenvalue weighted by atomic mass is 16.5. The van der Waals surface area contributed by atoms with Crippen LogP contribution in [-0.2, 0) is 9.53 Å². The van der Waals surface area contributed by atoms with E-state index in [9.17, 15) is 4.79 Å². The molecule has 7 heavy (non-hydrogen) atoms. The first-order chi connectivity index (χ1) is 3.34. The molecule has 0 aliphatic carbocycles. The Hall–Kier alpha value is -1.05. The highest BCUT2D eigenvalue weighted by molar-refractivity contribution is 5.96. The summed E-state index contributed by atoms with van der Waals surface area (Å²) in [6.07, 6.45) is 2.83. The fourth-order valence-electron chi connectivity index (χ4n) is 0.307. The summed E-state index contributed by atoms with van der Waals surface area (Å²) in [7, 11) is 0. The molecule has 0 N–H and O–H groups in total. The van der Waals surface area contributed by atoms with E-state index in [4.69, 9.17) is 0 Å². The monoisotopic (exact) mass is 96.0 g/mol. The summed E-state index contributed by atoms with van der Waals surface area (Å²) in [6, 6.07) is 0. The molecule has 2 heteroatoms. The van der Waals surface area contributed by atoms with Crippen molar-refractivity contribution in [3.8, 4) is 0 Å². The summed E-state index contributed by atoms with van der Waals surface area (Å²) in [5.74, 6) is -0.282. The van der Waals surface area contributed by atoms with E-state index in [1.165, 1.54) is 12.3 Å². The molecule has 0 radical (unpaired) electrons. The van der Waals surface area contributed by atoms with Crippen LogP contribution in [0, 0.1) is 0 Å². The minimum atomic E-state index is -0.282. The Bertz CT molecular complexity index is 144. The third-order valence-electron chi connectivity index (χ3n) is 0.749. The van der Waals surface area contributed by atoms with E-state index in [0.717, 1.165) is 0 Å². The number of cyclic esters (lactones) is 1. The van der Waals surface area contributed by atoms with Gasteiger partial charge in [-0.15, -0.1) is 0 Å². The quantitative estimate of drug-likeness (QED) is 0.447. The van der Waals surface area contributed by atoms with Gasteiger partial charge in [0.1, 0.15) is 6.26 Å². The summed E-state index contributed by atoms with van der Waals surface area (Å²) in [5, 5.41) is 0. The second-order valence-corrected chi connectivity index (χ2v) is 1.18. The Kier molecular flexibility index (Phi) is 0.719. The van der Waals surface area contributed by atoms with E-state index in [1.807, 2.05) is 0 Å². The maximum Gasteiger partial charge on any atom is 0.346 e. The van der Waals surface area contributed by atoms with Gasteiger partial charge >= 0.3 is 5.97 Å². The molecule has 0 spiro atoms. The minimum Gasteiger partial charge on any atom is -0.430 e. The molecule has 2 nitrogen and oxygen atoms in total. The Morgan fingerprint density at radius 3 is 2.57 bits per heavy atom. The second-order valence-electron chi connectivity index (χ2n) is 1.18. The number of carbonyl (C=O) groups is 1. The van der Waals surface area contributed by atoms with Crippen LogP contribution in [0.5, 0.6) is 0 Å². The molecule has 0 unspecified atom stereocenters. The maximum absolute atomic E-state index is 10.1. The van der Waals surface area contributed by atoms with Gasteiger partial charge in [-0.1, -0.05) is 12.7 Å². The zero-order chi connectivity index (χ0) is 5.28. The Morgan fingerprint density at radius 2 is 2.57 bits per heavy atom. The van der Waals surface area contributed by atoms with Crippen molar-refractivity contribution in [1.29, 1.82) is 0 Å². The minimum absolute atomic E-state index is 0.282. The molecule has 1 rings (SSSR count). The number of ether oxygens (including phenoxy) is 1. The van der Waals surface area contributed by atoms with Crippen molar-refractivity contribution in [3.05, 3.63) is 24.5 Å². The van der Waals surface area contributed by atoms with Crippen LogP contribution < -0.4 is 0 Å². The first kappa shape index (κ1) is 4.12. The molecule has 36 valence electrons. The van der Waals surface area contributed by atoms with E-state index >= 15 is 0 Å². The molecule has 1 aliphatic rings. The van der Waals surface area contributed by atoms with Crippen molar-refractivity contribution in [3.63, 3.8) is 0 Å². The number of rotatable bonds is 1. The predicted octanol–water partition coefficient (Wildman–Crippen LogP) is 0.613. The Balaban J connectivity index is 2.74. The zero-order valence-corrected chi connectivity index (χ0v) is 3.68. The predicted molar refractivity (Wildman–Crippen MR) is 24.4 cm³/mol. The van der Waals surface area contributed by atoms with Crippen molar-refractivity contribution in [2.24, 2.45) is 0 Å². The first-order valence-electron chi connectivity index (χ1n) is 1.88. The number of esters is 1. The summed E-state index contributed by atoms with van der Waals surface area (Å²) in [4.78, 5) is 10.1. The standard InChI is InChI=1S/C5H4O2/c1-2-4-3-7-5(4)6/h2-3H,1H2. The van der Waals surface area contributed by atoms with Gasteiger partial charge in [0.15, 0.2) is 0 Å². The van der Waals surface area contributed by atoms with Gasteiger partial charge < -0.3 is 4.74 Å². The van der Waals surface area contributed by atoms with Gasteiger partial charge in [-0.25, -0.2) is 4.79 Å². The van der Waals surface area contributed by atoms with E-state index in [0.29, 0.717) is 5.57 Å². The fourth-order valence-corrected chi connectivity index (χ4v) is 0.307. The van der Waals surface area contributed by atoms with E-state index in [-0.39, 0.29) is 5.97 Å². The maximum atomic E-state index is 10.1. The van der Waals surface area contributed by atoms with Crippen molar-refractivity contribution in [1.82, 2.24) is 0 Å². The molecule has 0 fully saturated rings. The van der Waals surface area contributed by atoms with Crippen LogP contribution in [0.3, 0.4) is 0 Å². The Morgan fingerprint density at radius 1 is 1.86 bits per heavy atom. The third-order valence-corrected chi connectivity index (χ3v) is 0.749. The van der Waals surface area contributed by atoms with Crippen LogP contribution in [0.4, 0.5) is 0 Å². The molecule has 0 atom stereocenters. The topological polar surface area (TPSA) is 26.3 Å². The van der Waals surface area contributed by atoms with Crippen molar-refractivity contribution in [2.75, 3.05) is 0 Å². The van der Waals surface area contributed by atoms with Gasteiger partial charge in [-0.2, -0.15) is 0 Å². The molecule has 0 aromatic carbocycles. The van der Waals surface area contributed by atoms with Gasteiger partial charge in [0.2, 0.25) is 0 Å². The average molecular weight is 96.1 g/mol. The van der Waals surface area contributed by atoms with Crippen molar-refractivity contribution in [2.45, 2.75) is 0 Å². The average Bonchev–Trinajstić information content (AvgIpc) is 1.65. The molecule has 1 aliphatic heterocycles. The number of carbonyl (C=O) groups excluding carboxylic acids is 1. The van der Waals surface area contributed by atoms with Crippen LogP contribution in [0.2, 0.25) is 0 Å². The molecule has 0 saturated carbocycles. The lowest BCUT2D eigenvalue weighted by Crippen LogP contribution is -2.11. The summed E-state index contributed by atoms with van der Waals surface area (Å²) < 4.78 is 4.26. The smallest absolute Gasteiger partial charge is 0.346 e. The molecule has 0 bridgehead atoms. The van der Waals surface area contributed by atoms with Crippen LogP contribution >= 0.6 is 0 Å². The summed E-state index contributed by atoms with van der Waals surface area (Å²) in [6.45, 7) is 3.36. The third kappa shape index (κ3) is 0.435. The first-order valence-corrected chi connectivity index (χ1v) is 1.88. The normalized spacial score (nSPS) is 16.6. The molecule has 0 aromatic rings. The number of hydrogen-bond donors (Lipinski definition) is 0. The van der Waals surface area contributed by atoms with Crippen LogP contribution in [-0.4, -0.2) is 5.97 Å². The molecule has 0 saturated heterocycles. The largest absolute Gasteiger partial charge is 0.430 e. The summed E-state index contributed by atoms with van der Waals surface area (Å²) >= 11 is 0. The number of hydrogen-bond acceptors (Lipinski definition) is 2. The lowest BCUT2D eigenvalue weighted by atomic mass is 10.2. The van der Waals surface area contributed by atoms with Crippen molar-refractivity contribution < 1.29 is 9.53 Å². The van der Waals surface area contributed by atoms with Crippen LogP contribution in [0.15, 0.2) is 24.5 Å². The molecular formula is C5H4O2. The van der Waals surface area contributed by atoms with Gasteiger partial charge in [-0.3, -0.25) is 0 Å². The van der Waals surface area contributed by atoms with Crippen LogP contribution in [0.25, 0.3) is 0 Å². The van der Waals surface area contributed by atoms with E-state index in [2.05, 4.69) is 11.3 Å². The molecular weight excluding hydrogens is 92.1 g/mol. The lowest BCUT2D eigenvalue weighted by Gasteiger charge is -2.06. The molecule has 0 amide bonds. The van der Waals surface area contributed by atoms with Crippen molar-refractivity contribution >= 4 is 5.97 Å². The fraction of sp³-hybridized carbons (Fsp3) is 0. The summed E-state index contributed by atoms with van der Waals surface area (Å²) in [5.41, 5.74) is 0.556. The second kappa shape index (κ2) is 1.22. The van der Waals surface area contributed by atoms with Gasteiger partial charge in [0, 0.05) is 0 Å². The van der Waals surface area contributed by atoms with Gasteiger partial charge in [-0.05, 0) is 0 Å². The molecule has 1 heterocycles. The molecule has 0 aromatic heterocycles. The van der Waals surface area contributed by atoms with Gasteiger partial charge in [0.25, 0.3) is 0 Å². The highest BCUT2D eigenvalue weighted by Crippen LogP contribution is 2.08. The Labute approximate surface area is 41.1 Å². The SMILES string of the molecule is C=CC1=COC1=O. The highest BCUT2D eigenvalue weighted by Gasteiger charge is 2.14. The van der Waals surface area contributed by atoms with E-state index < -0.39 is 0 Å². The van der Waals surface area contributed by atoms with Crippen LogP contribution in [0.1, 0.15) is 0 Å². The zero-order valence-electron chi connectivity index (χ0n) is 3.68. The van der Waals surface area contributed by atoms with E-state index in [1.54, 1.807) is 0 Å². The lowest BCUT2D eigenvalue weighted by molar-refractivity contribution is -0.137.